The molecule has 0 saturated carbocycles. The van der Waals surface area contributed by atoms with Gasteiger partial charge in [0.15, 0.2) is 0 Å². The van der Waals surface area contributed by atoms with Gasteiger partial charge in [-0.05, 0) is 50.6 Å². The number of nitrogens with zero attached hydrogens (tertiary/aromatic N) is 2. The topological polar surface area (TPSA) is 32.5 Å². The van der Waals surface area contributed by atoms with Gasteiger partial charge in [0.1, 0.15) is 0 Å². The van der Waals surface area contributed by atoms with Gasteiger partial charge in [-0.2, -0.15) is 0 Å². The van der Waals surface area contributed by atoms with Gasteiger partial charge in [0.2, 0.25) is 0 Å². The Bertz CT molecular complexity index is 414. The molecule has 4 heteroatoms. The van der Waals surface area contributed by atoms with E-state index >= 15 is 0 Å². The van der Waals surface area contributed by atoms with E-state index in [-0.39, 0.29) is 6.04 Å². The van der Waals surface area contributed by atoms with Crippen molar-refractivity contribution in [1.82, 2.24) is 4.90 Å². The number of benzene rings is 1. The summed E-state index contributed by atoms with van der Waals surface area (Å²) in [5.41, 5.74) is 8.04. The van der Waals surface area contributed by atoms with E-state index in [4.69, 9.17) is 17.3 Å². The Hall–Kier alpha value is -0.770. The zero-order valence-electron chi connectivity index (χ0n) is 11.9. The monoisotopic (exact) mass is 281 g/mol. The van der Waals surface area contributed by atoms with Crippen LogP contribution in [0.15, 0.2) is 18.2 Å². The molecule has 0 aliphatic carbocycles. The molecule has 3 nitrogen and oxygen atoms in total. The maximum atomic E-state index is 6.35. The molecule has 1 aromatic rings. The van der Waals surface area contributed by atoms with Crippen molar-refractivity contribution in [3.05, 3.63) is 28.8 Å². The first kappa shape index (κ1) is 14.6. The Kier molecular flexibility index (Phi) is 5.08. The highest BCUT2D eigenvalue weighted by Crippen LogP contribution is 2.27. The first-order valence-corrected chi connectivity index (χ1v) is 7.44. The zero-order valence-corrected chi connectivity index (χ0v) is 12.7. The van der Waals surface area contributed by atoms with Crippen LogP contribution in [0, 0.1) is 0 Å². The lowest BCUT2D eigenvalue weighted by atomic mass is 10.1. The van der Waals surface area contributed by atoms with Crippen LogP contribution in [-0.4, -0.2) is 38.1 Å². The standard InChI is InChI=1S/C15H24ClN3/c1-12(17)13-5-6-15(14(16)11-13)18(2)9-10-19-7-3-4-8-19/h5-6,11-12H,3-4,7-10,17H2,1-2H3. The number of likely N-dealkylation sites (tertiary alicyclic amines) is 1. The number of anilines is 1. The molecular formula is C15H24ClN3. The van der Waals surface area contributed by atoms with Crippen LogP contribution >= 0.6 is 11.6 Å². The molecule has 0 bridgehead atoms. The van der Waals surface area contributed by atoms with E-state index in [0.717, 1.165) is 29.4 Å². The molecule has 1 aliphatic heterocycles. The summed E-state index contributed by atoms with van der Waals surface area (Å²) in [5, 5.41) is 0.790. The summed E-state index contributed by atoms with van der Waals surface area (Å²) in [6.07, 6.45) is 2.68. The fourth-order valence-electron chi connectivity index (χ4n) is 2.53. The fraction of sp³-hybridized carbons (Fsp3) is 0.600. The zero-order chi connectivity index (χ0) is 13.8. The molecule has 1 fully saturated rings. The third kappa shape index (κ3) is 3.85. The Morgan fingerprint density at radius 2 is 2.05 bits per heavy atom. The number of hydrogen-bond donors (Lipinski definition) is 1. The average molecular weight is 282 g/mol. The summed E-state index contributed by atoms with van der Waals surface area (Å²) in [7, 11) is 2.10. The van der Waals surface area contributed by atoms with Crippen molar-refractivity contribution in [3.63, 3.8) is 0 Å². The minimum atomic E-state index is 0.0291. The maximum Gasteiger partial charge on any atom is 0.0642 e. The van der Waals surface area contributed by atoms with Crippen LogP contribution in [0.1, 0.15) is 31.4 Å². The molecule has 1 saturated heterocycles. The highest BCUT2D eigenvalue weighted by molar-refractivity contribution is 6.33. The Morgan fingerprint density at radius 1 is 1.37 bits per heavy atom. The fourth-order valence-corrected chi connectivity index (χ4v) is 2.87. The smallest absolute Gasteiger partial charge is 0.0642 e. The second kappa shape index (κ2) is 6.60. The van der Waals surface area contributed by atoms with Gasteiger partial charge in [-0.25, -0.2) is 0 Å². The Balaban J connectivity index is 1.96. The summed E-state index contributed by atoms with van der Waals surface area (Å²) in [5.74, 6) is 0. The van der Waals surface area contributed by atoms with Gasteiger partial charge in [0, 0.05) is 26.2 Å². The van der Waals surface area contributed by atoms with Gasteiger partial charge in [0.05, 0.1) is 10.7 Å². The molecule has 0 spiro atoms. The van der Waals surface area contributed by atoms with E-state index in [1.54, 1.807) is 0 Å². The van der Waals surface area contributed by atoms with Gasteiger partial charge in [0.25, 0.3) is 0 Å². The molecule has 1 unspecified atom stereocenters. The van der Waals surface area contributed by atoms with Crippen LogP contribution in [0.4, 0.5) is 5.69 Å². The van der Waals surface area contributed by atoms with E-state index in [1.165, 1.54) is 25.9 Å². The van der Waals surface area contributed by atoms with Crippen LogP contribution in [0.5, 0.6) is 0 Å². The predicted octanol–water partition coefficient (Wildman–Crippen LogP) is 2.89. The minimum Gasteiger partial charge on any atom is -0.372 e. The summed E-state index contributed by atoms with van der Waals surface area (Å²) < 4.78 is 0. The lowest BCUT2D eigenvalue weighted by Crippen LogP contribution is -2.31. The van der Waals surface area contributed by atoms with E-state index in [2.05, 4.69) is 29.0 Å². The Labute approximate surface area is 121 Å². The van der Waals surface area contributed by atoms with E-state index in [9.17, 15) is 0 Å². The largest absolute Gasteiger partial charge is 0.372 e. The van der Waals surface area contributed by atoms with Crippen LogP contribution in [-0.2, 0) is 0 Å². The average Bonchev–Trinajstić information content (AvgIpc) is 2.88. The quantitative estimate of drug-likeness (QED) is 0.901. The van der Waals surface area contributed by atoms with Crippen molar-refractivity contribution in [1.29, 1.82) is 0 Å². The molecule has 2 rings (SSSR count). The van der Waals surface area contributed by atoms with Crippen LogP contribution < -0.4 is 10.6 Å². The maximum absolute atomic E-state index is 6.35. The highest BCUT2D eigenvalue weighted by Gasteiger charge is 2.13. The van der Waals surface area contributed by atoms with Gasteiger partial charge >= 0.3 is 0 Å². The number of rotatable bonds is 5. The van der Waals surface area contributed by atoms with Crippen molar-refractivity contribution >= 4 is 17.3 Å². The second-order valence-electron chi connectivity index (χ2n) is 5.47. The molecule has 0 radical (unpaired) electrons. The lowest BCUT2D eigenvalue weighted by molar-refractivity contribution is 0.346. The number of halogens is 1. The van der Waals surface area contributed by atoms with Crippen molar-refractivity contribution < 1.29 is 0 Å². The van der Waals surface area contributed by atoms with Crippen molar-refractivity contribution in [2.45, 2.75) is 25.8 Å². The molecule has 1 aromatic carbocycles. The molecule has 0 amide bonds. The molecule has 1 atom stereocenters. The van der Waals surface area contributed by atoms with E-state index < -0.39 is 0 Å². The normalized spacial score (nSPS) is 17.7. The third-order valence-corrected chi connectivity index (χ3v) is 4.16. The number of nitrogens with two attached hydrogens (primary N) is 1. The number of hydrogen-bond acceptors (Lipinski definition) is 3. The molecule has 1 aliphatic rings. The minimum absolute atomic E-state index is 0.0291. The summed E-state index contributed by atoms with van der Waals surface area (Å²) >= 11 is 6.35. The SMILES string of the molecule is CC(N)c1ccc(N(C)CCN2CCCC2)c(Cl)c1. The number of likely N-dealkylation sites (N-methyl/N-ethyl adjacent to an activating group) is 1. The Morgan fingerprint density at radius 3 is 2.63 bits per heavy atom. The highest BCUT2D eigenvalue weighted by atomic mass is 35.5. The van der Waals surface area contributed by atoms with Gasteiger partial charge in [-0.1, -0.05) is 17.7 Å². The molecule has 19 heavy (non-hydrogen) atoms. The third-order valence-electron chi connectivity index (χ3n) is 3.86. The van der Waals surface area contributed by atoms with Crippen LogP contribution in [0.2, 0.25) is 5.02 Å². The van der Waals surface area contributed by atoms with E-state index in [0.29, 0.717) is 0 Å². The summed E-state index contributed by atoms with van der Waals surface area (Å²) in [6.45, 7) is 6.58. The van der Waals surface area contributed by atoms with E-state index in [1.807, 2.05) is 13.0 Å². The lowest BCUT2D eigenvalue weighted by Gasteiger charge is -2.24. The summed E-state index contributed by atoms with van der Waals surface area (Å²) in [4.78, 5) is 4.74. The molecular weight excluding hydrogens is 258 g/mol. The first-order chi connectivity index (χ1) is 9.08. The molecule has 2 N–H and O–H groups in total. The molecule has 1 heterocycles. The van der Waals surface area contributed by atoms with Crippen molar-refractivity contribution in [2.75, 3.05) is 38.1 Å². The molecule has 106 valence electrons. The van der Waals surface area contributed by atoms with Crippen molar-refractivity contribution in [3.8, 4) is 0 Å². The predicted molar refractivity (Wildman–Crippen MR) is 83.0 cm³/mol. The van der Waals surface area contributed by atoms with Crippen molar-refractivity contribution in [2.24, 2.45) is 5.73 Å². The van der Waals surface area contributed by atoms with Gasteiger partial charge < -0.3 is 15.5 Å². The summed E-state index contributed by atoms with van der Waals surface area (Å²) in [6, 6.07) is 6.15. The van der Waals surface area contributed by atoms with Gasteiger partial charge in [-0.3, -0.25) is 0 Å². The first-order valence-electron chi connectivity index (χ1n) is 7.06. The van der Waals surface area contributed by atoms with Gasteiger partial charge in [-0.15, -0.1) is 0 Å². The van der Waals surface area contributed by atoms with Crippen LogP contribution in [0.25, 0.3) is 0 Å². The molecule has 0 aromatic heterocycles. The van der Waals surface area contributed by atoms with Crippen LogP contribution in [0.3, 0.4) is 0 Å². The second-order valence-corrected chi connectivity index (χ2v) is 5.88.